The van der Waals surface area contributed by atoms with Crippen LogP contribution in [0.25, 0.3) is 11.5 Å². The molecule has 0 aliphatic carbocycles. The Hall–Kier alpha value is -1.13. The van der Waals surface area contributed by atoms with Crippen LogP contribution in [-0.2, 0) is 28.5 Å². The lowest BCUT2D eigenvalue weighted by Crippen LogP contribution is -2.12. The van der Waals surface area contributed by atoms with Crippen LogP contribution < -0.4 is 0 Å². The van der Waals surface area contributed by atoms with Crippen molar-refractivity contribution in [1.82, 2.24) is 14.5 Å². The van der Waals surface area contributed by atoms with Crippen molar-refractivity contribution < 1.29 is 22.3 Å². The number of alkyl halides is 3. The lowest BCUT2D eigenvalue weighted by atomic mass is 10.3. The second-order valence-corrected chi connectivity index (χ2v) is 8.42. The van der Waals surface area contributed by atoms with Gasteiger partial charge in [-0.05, 0) is 32.9 Å². The van der Waals surface area contributed by atoms with E-state index in [9.17, 15) is 17.6 Å². The highest BCUT2D eigenvalue weighted by molar-refractivity contribution is 9.10. The Labute approximate surface area is 147 Å². The number of nitrogens with zero attached hydrogens (tertiary/aromatic N) is 3. The van der Waals surface area contributed by atoms with Gasteiger partial charge in [-0.15, -0.1) is 0 Å². The van der Waals surface area contributed by atoms with E-state index in [4.69, 9.17) is 4.74 Å². The zero-order chi connectivity index (χ0) is 17.9. The standard InChI is InChI=1S/C14H15BrF4N3OS/c1-24(2)4-3-23-8-22-7-11(14(17,18)19)21-13(22)12-10(16)5-9(15)6-20-12/h5-7H,3-4,8H2,1-2H3/q+1. The highest BCUT2D eigenvalue weighted by atomic mass is 79.9. The molecular weight excluding hydrogens is 414 g/mol. The smallest absolute Gasteiger partial charge is 0.356 e. The first-order chi connectivity index (χ1) is 11.2. The fourth-order valence-corrected chi connectivity index (χ4v) is 2.56. The molecule has 0 spiro atoms. The second-order valence-electron chi connectivity index (χ2n) is 5.13. The summed E-state index contributed by atoms with van der Waals surface area (Å²) in [4.78, 5) is 7.33. The highest BCUT2D eigenvalue weighted by Crippen LogP contribution is 2.31. The summed E-state index contributed by atoms with van der Waals surface area (Å²) in [6.07, 6.45) is 1.54. The average molecular weight is 429 g/mol. The van der Waals surface area contributed by atoms with E-state index < -0.39 is 17.7 Å². The number of rotatable bonds is 6. The molecule has 0 fully saturated rings. The monoisotopic (exact) mass is 428 g/mol. The molecule has 2 aromatic rings. The molecule has 24 heavy (non-hydrogen) atoms. The normalized spacial score (nSPS) is 12.2. The zero-order valence-corrected chi connectivity index (χ0v) is 15.3. The number of pyridine rings is 1. The highest BCUT2D eigenvalue weighted by Gasteiger charge is 2.35. The fraction of sp³-hybridized carbons (Fsp3) is 0.429. The van der Waals surface area contributed by atoms with Crippen LogP contribution >= 0.6 is 15.9 Å². The van der Waals surface area contributed by atoms with Gasteiger partial charge in [0.1, 0.15) is 18.2 Å². The van der Waals surface area contributed by atoms with Crippen molar-refractivity contribution in [3.63, 3.8) is 0 Å². The molecule has 2 heterocycles. The third-order valence-corrected chi connectivity index (χ3v) is 4.37. The number of ether oxygens (including phenoxy) is 1. The van der Waals surface area contributed by atoms with E-state index >= 15 is 0 Å². The van der Waals surface area contributed by atoms with Crippen molar-refractivity contribution in [1.29, 1.82) is 0 Å². The maximum absolute atomic E-state index is 14.0. The summed E-state index contributed by atoms with van der Waals surface area (Å²) in [6.45, 7) is 0.234. The molecule has 2 aromatic heterocycles. The molecule has 0 N–H and O–H groups in total. The number of halogens is 5. The van der Waals surface area contributed by atoms with Crippen molar-refractivity contribution in [2.45, 2.75) is 12.9 Å². The Morgan fingerprint density at radius 1 is 1.33 bits per heavy atom. The molecule has 132 valence electrons. The van der Waals surface area contributed by atoms with Crippen LogP contribution in [0.5, 0.6) is 0 Å². The lowest BCUT2D eigenvalue weighted by molar-refractivity contribution is -0.141. The first kappa shape index (κ1) is 19.2. The maximum atomic E-state index is 14.0. The van der Waals surface area contributed by atoms with Gasteiger partial charge in [0.05, 0.1) is 19.1 Å². The van der Waals surface area contributed by atoms with Gasteiger partial charge in [0.15, 0.2) is 17.3 Å². The third-order valence-electron chi connectivity index (χ3n) is 2.95. The van der Waals surface area contributed by atoms with Gasteiger partial charge in [-0.3, -0.25) is 0 Å². The summed E-state index contributed by atoms with van der Waals surface area (Å²) >= 11 is 3.06. The Morgan fingerprint density at radius 3 is 2.62 bits per heavy atom. The van der Waals surface area contributed by atoms with Crippen LogP contribution in [-0.4, -0.2) is 39.4 Å². The van der Waals surface area contributed by atoms with Crippen LogP contribution in [0.1, 0.15) is 5.69 Å². The second kappa shape index (κ2) is 7.83. The molecule has 0 unspecified atom stereocenters. The largest absolute Gasteiger partial charge is 0.434 e. The van der Waals surface area contributed by atoms with Gasteiger partial charge in [-0.25, -0.2) is 14.4 Å². The number of aromatic nitrogens is 3. The Bertz CT molecular complexity index is 706. The molecule has 0 aliphatic heterocycles. The van der Waals surface area contributed by atoms with Crippen LogP contribution in [0.3, 0.4) is 0 Å². The van der Waals surface area contributed by atoms with Gasteiger partial charge in [-0.1, -0.05) is 0 Å². The number of imidazole rings is 1. The van der Waals surface area contributed by atoms with E-state index in [0.29, 0.717) is 11.1 Å². The molecule has 0 aliphatic rings. The predicted molar refractivity (Wildman–Crippen MR) is 88.2 cm³/mol. The van der Waals surface area contributed by atoms with E-state index in [0.717, 1.165) is 22.6 Å². The summed E-state index contributed by atoms with van der Waals surface area (Å²) < 4.78 is 59.7. The molecule has 0 aromatic carbocycles. The van der Waals surface area contributed by atoms with E-state index in [1.807, 2.05) is 12.5 Å². The van der Waals surface area contributed by atoms with Crippen LogP contribution in [0, 0.1) is 5.82 Å². The van der Waals surface area contributed by atoms with Crippen LogP contribution in [0.2, 0.25) is 0 Å². The maximum Gasteiger partial charge on any atom is 0.434 e. The molecule has 10 heteroatoms. The van der Waals surface area contributed by atoms with E-state index in [2.05, 4.69) is 25.9 Å². The molecular formula is C14H15BrF4N3OS+. The Balaban J connectivity index is 2.32. The first-order valence-corrected chi connectivity index (χ1v) is 9.76. The van der Waals surface area contributed by atoms with Crippen molar-refractivity contribution >= 4 is 26.8 Å². The van der Waals surface area contributed by atoms with Gasteiger partial charge in [0, 0.05) is 16.9 Å². The number of hydrogen-bond donors (Lipinski definition) is 0. The third kappa shape index (κ3) is 4.93. The molecule has 0 saturated heterocycles. The molecule has 0 atom stereocenters. The minimum Gasteiger partial charge on any atom is -0.356 e. The fourth-order valence-electron chi connectivity index (χ4n) is 1.81. The van der Waals surface area contributed by atoms with E-state index in [-0.39, 0.29) is 29.1 Å². The topological polar surface area (TPSA) is 39.9 Å². The summed E-state index contributed by atoms with van der Waals surface area (Å²) in [5.41, 5.74) is -1.38. The first-order valence-electron chi connectivity index (χ1n) is 6.76. The van der Waals surface area contributed by atoms with Gasteiger partial charge in [0.25, 0.3) is 0 Å². The van der Waals surface area contributed by atoms with Gasteiger partial charge in [0.2, 0.25) is 0 Å². The Kier molecular flexibility index (Phi) is 6.27. The van der Waals surface area contributed by atoms with Crippen molar-refractivity contribution in [2.75, 3.05) is 24.9 Å². The summed E-state index contributed by atoms with van der Waals surface area (Å²) in [6, 6.07) is 1.12. The number of hydrogen-bond acceptors (Lipinski definition) is 3. The molecule has 0 amide bonds. The lowest BCUT2D eigenvalue weighted by Gasteiger charge is -2.08. The molecule has 0 radical (unpaired) electrons. The average Bonchev–Trinajstić information content (AvgIpc) is 2.87. The van der Waals surface area contributed by atoms with E-state index in [1.165, 1.54) is 6.20 Å². The summed E-state index contributed by atoms with van der Waals surface area (Å²) in [5, 5.41) is 0. The minimum absolute atomic E-state index is 0.160. The molecule has 4 nitrogen and oxygen atoms in total. The zero-order valence-electron chi connectivity index (χ0n) is 12.9. The van der Waals surface area contributed by atoms with Crippen LogP contribution in [0.4, 0.5) is 17.6 Å². The SMILES string of the molecule is C[S+](C)CCOCn1cc(C(F)(F)F)nc1-c1ncc(Br)cc1F. The van der Waals surface area contributed by atoms with Crippen molar-refractivity contribution in [3.8, 4) is 11.5 Å². The Morgan fingerprint density at radius 2 is 2.04 bits per heavy atom. The van der Waals surface area contributed by atoms with Crippen molar-refractivity contribution in [3.05, 3.63) is 34.4 Å². The summed E-state index contributed by atoms with van der Waals surface area (Å²) in [5.74, 6) is -0.200. The molecule has 0 saturated carbocycles. The van der Waals surface area contributed by atoms with Crippen LogP contribution in [0.15, 0.2) is 22.9 Å². The predicted octanol–water partition coefficient (Wildman–Crippen LogP) is 3.72. The van der Waals surface area contributed by atoms with Gasteiger partial charge >= 0.3 is 6.18 Å². The quantitative estimate of drug-likeness (QED) is 0.399. The van der Waals surface area contributed by atoms with E-state index in [1.54, 1.807) is 0 Å². The van der Waals surface area contributed by atoms with Gasteiger partial charge in [-0.2, -0.15) is 13.2 Å². The van der Waals surface area contributed by atoms with Gasteiger partial charge < -0.3 is 9.30 Å². The minimum atomic E-state index is -4.63. The van der Waals surface area contributed by atoms with Crippen molar-refractivity contribution in [2.24, 2.45) is 0 Å². The summed E-state index contributed by atoms with van der Waals surface area (Å²) in [7, 11) is 0.163. The molecule has 0 bridgehead atoms. The molecule has 2 rings (SSSR count).